The van der Waals surface area contributed by atoms with E-state index in [1.807, 2.05) is 0 Å². The zero-order valence-corrected chi connectivity index (χ0v) is 12.7. The van der Waals surface area contributed by atoms with Gasteiger partial charge in [-0.3, -0.25) is 4.79 Å². The molecule has 124 valence electrons. The van der Waals surface area contributed by atoms with Gasteiger partial charge in [-0.2, -0.15) is 0 Å². The smallest absolute Gasteiger partial charge is 0.404 e. The van der Waals surface area contributed by atoms with Crippen molar-refractivity contribution in [1.82, 2.24) is 9.55 Å². The lowest BCUT2D eigenvalue weighted by molar-refractivity contribution is 0.1000. The molecule has 9 heteroatoms. The van der Waals surface area contributed by atoms with Gasteiger partial charge in [-0.25, -0.2) is 9.78 Å². The number of imidazole rings is 1. The number of hydrogen-bond acceptors (Lipinski definition) is 6. The number of aromatic nitrogens is 2. The molecule has 1 aromatic heterocycles. The number of fused-ring (bicyclic) bond motifs is 1. The van der Waals surface area contributed by atoms with Crippen molar-refractivity contribution in [2.45, 2.75) is 19.4 Å². The number of nitrogens with zero attached hydrogens (tertiary/aromatic N) is 2. The van der Waals surface area contributed by atoms with Gasteiger partial charge in [0, 0.05) is 12.1 Å². The van der Waals surface area contributed by atoms with Crippen LogP contribution in [0.4, 0.5) is 10.7 Å². The molecule has 0 aliphatic carbocycles. The number of aryl methyl sites for hydroxylation is 1. The van der Waals surface area contributed by atoms with E-state index >= 15 is 0 Å². The van der Waals surface area contributed by atoms with Gasteiger partial charge in [-0.15, -0.1) is 0 Å². The van der Waals surface area contributed by atoms with E-state index in [0.29, 0.717) is 47.7 Å². The molecule has 0 saturated heterocycles. The maximum Gasteiger partial charge on any atom is 0.404 e. The second-order valence-electron chi connectivity index (χ2n) is 4.91. The summed E-state index contributed by atoms with van der Waals surface area (Å²) in [6.07, 6.45) is 0.533. The zero-order chi connectivity index (χ0) is 17.0. The molecule has 0 saturated carbocycles. The van der Waals surface area contributed by atoms with Crippen molar-refractivity contribution in [3.05, 3.63) is 17.7 Å². The van der Waals surface area contributed by atoms with Crippen LogP contribution in [0, 0.1) is 0 Å². The van der Waals surface area contributed by atoms with E-state index in [4.69, 9.17) is 21.9 Å². The number of anilines is 1. The largest absolute Gasteiger partial charge is 0.494 e. The number of primary amides is 2. The van der Waals surface area contributed by atoms with E-state index in [1.54, 1.807) is 16.7 Å². The molecule has 6 N–H and O–H groups in total. The normalized spacial score (nSPS) is 10.7. The predicted molar refractivity (Wildman–Crippen MR) is 84.0 cm³/mol. The summed E-state index contributed by atoms with van der Waals surface area (Å²) in [7, 11) is 1.49. The summed E-state index contributed by atoms with van der Waals surface area (Å²) < 4.78 is 11.8. The lowest BCUT2D eigenvalue weighted by Crippen LogP contribution is -2.14. The second-order valence-corrected chi connectivity index (χ2v) is 4.91. The fraction of sp³-hybridized carbons (Fsp3) is 0.357. The van der Waals surface area contributed by atoms with Crippen molar-refractivity contribution in [1.29, 1.82) is 0 Å². The number of unbranched alkanes of at least 4 members (excludes halogenated alkanes) is 1. The highest BCUT2D eigenvalue weighted by Gasteiger charge is 2.16. The van der Waals surface area contributed by atoms with Crippen LogP contribution >= 0.6 is 0 Å². The average Bonchev–Trinajstić information content (AvgIpc) is 2.81. The molecule has 1 heterocycles. The molecular formula is C14H19N5O4. The topological polar surface area (TPSA) is 148 Å². The van der Waals surface area contributed by atoms with Crippen LogP contribution in [0.25, 0.3) is 11.0 Å². The summed E-state index contributed by atoms with van der Waals surface area (Å²) in [6, 6.07) is 3.13. The molecule has 0 atom stereocenters. The number of carbonyl (C=O) groups is 2. The Kier molecular flexibility index (Phi) is 4.89. The Morgan fingerprint density at radius 1 is 1.26 bits per heavy atom. The van der Waals surface area contributed by atoms with Crippen LogP contribution in [0.15, 0.2) is 12.1 Å². The minimum Gasteiger partial charge on any atom is -0.494 e. The maximum atomic E-state index is 11.4. The summed E-state index contributed by atoms with van der Waals surface area (Å²) in [6.45, 7) is 0.793. The number of rotatable bonds is 7. The van der Waals surface area contributed by atoms with Crippen LogP contribution in [0.5, 0.6) is 5.75 Å². The van der Waals surface area contributed by atoms with Crippen LogP contribution in [-0.2, 0) is 11.3 Å². The van der Waals surface area contributed by atoms with E-state index < -0.39 is 12.0 Å². The van der Waals surface area contributed by atoms with Crippen molar-refractivity contribution in [3.8, 4) is 5.75 Å². The van der Waals surface area contributed by atoms with Crippen molar-refractivity contribution in [3.63, 3.8) is 0 Å². The van der Waals surface area contributed by atoms with Gasteiger partial charge in [-0.05, 0) is 25.0 Å². The average molecular weight is 321 g/mol. The van der Waals surface area contributed by atoms with E-state index in [-0.39, 0.29) is 6.61 Å². The van der Waals surface area contributed by atoms with Gasteiger partial charge in [0.05, 0.1) is 19.2 Å². The highest BCUT2D eigenvalue weighted by Crippen LogP contribution is 2.29. The van der Waals surface area contributed by atoms with Gasteiger partial charge in [0.25, 0.3) is 0 Å². The monoisotopic (exact) mass is 321 g/mol. The van der Waals surface area contributed by atoms with Crippen molar-refractivity contribution in [2.75, 3.05) is 19.5 Å². The summed E-state index contributed by atoms with van der Waals surface area (Å²) in [4.78, 5) is 26.1. The van der Waals surface area contributed by atoms with E-state index in [2.05, 4.69) is 9.72 Å². The lowest BCUT2D eigenvalue weighted by atomic mass is 10.1. The fourth-order valence-corrected chi connectivity index (χ4v) is 2.32. The summed E-state index contributed by atoms with van der Waals surface area (Å²) in [5.41, 5.74) is 17.7. The molecule has 2 rings (SSSR count). The number of amides is 2. The highest BCUT2D eigenvalue weighted by molar-refractivity contribution is 5.98. The van der Waals surface area contributed by atoms with E-state index in [9.17, 15) is 9.59 Å². The van der Waals surface area contributed by atoms with Crippen LogP contribution in [0.3, 0.4) is 0 Å². The Morgan fingerprint density at radius 3 is 2.61 bits per heavy atom. The molecule has 0 spiro atoms. The fourth-order valence-electron chi connectivity index (χ4n) is 2.32. The van der Waals surface area contributed by atoms with Crippen LogP contribution in [0.2, 0.25) is 0 Å². The molecule has 1 aromatic carbocycles. The van der Waals surface area contributed by atoms with Gasteiger partial charge in [0.15, 0.2) is 0 Å². The third-order valence-electron chi connectivity index (χ3n) is 3.36. The van der Waals surface area contributed by atoms with Crippen LogP contribution in [-0.4, -0.2) is 35.3 Å². The van der Waals surface area contributed by atoms with Gasteiger partial charge in [0.2, 0.25) is 11.9 Å². The summed E-state index contributed by atoms with van der Waals surface area (Å²) >= 11 is 0. The van der Waals surface area contributed by atoms with Crippen molar-refractivity contribution >= 4 is 29.0 Å². The van der Waals surface area contributed by atoms with Crippen LogP contribution < -0.4 is 21.9 Å². The predicted octanol–water partition coefficient (Wildman–Crippen LogP) is 0.601. The lowest BCUT2D eigenvalue weighted by Gasteiger charge is -2.10. The highest BCUT2D eigenvalue weighted by atomic mass is 16.5. The van der Waals surface area contributed by atoms with Gasteiger partial charge < -0.3 is 31.2 Å². The molecule has 2 amide bonds. The third kappa shape index (κ3) is 3.62. The van der Waals surface area contributed by atoms with Gasteiger partial charge in [-0.1, -0.05) is 0 Å². The van der Waals surface area contributed by atoms with Gasteiger partial charge >= 0.3 is 6.09 Å². The Labute approximate surface area is 132 Å². The van der Waals surface area contributed by atoms with E-state index in [0.717, 1.165) is 0 Å². The molecule has 0 unspecified atom stereocenters. The number of carbonyl (C=O) groups excluding carboxylic acids is 2. The second kappa shape index (κ2) is 6.86. The third-order valence-corrected chi connectivity index (χ3v) is 3.36. The number of hydrogen-bond donors (Lipinski definition) is 3. The Balaban J connectivity index is 2.24. The molecule has 0 aliphatic rings. The first-order valence-electron chi connectivity index (χ1n) is 6.99. The number of nitrogen functional groups attached to an aromatic ring is 1. The molecule has 0 aliphatic heterocycles. The molecule has 2 aromatic rings. The molecular weight excluding hydrogens is 302 g/mol. The first-order valence-corrected chi connectivity index (χ1v) is 6.99. The number of methoxy groups -OCH3 is 1. The summed E-state index contributed by atoms with van der Waals surface area (Å²) in [5, 5.41) is 0. The first-order chi connectivity index (χ1) is 10.9. The molecule has 0 radical (unpaired) electrons. The first kappa shape index (κ1) is 16.4. The zero-order valence-electron chi connectivity index (χ0n) is 12.7. The number of nitrogens with two attached hydrogens (primary N) is 3. The van der Waals surface area contributed by atoms with Crippen molar-refractivity contribution in [2.24, 2.45) is 11.5 Å². The molecule has 23 heavy (non-hydrogen) atoms. The maximum absolute atomic E-state index is 11.4. The van der Waals surface area contributed by atoms with E-state index in [1.165, 1.54) is 7.11 Å². The molecule has 9 nitrogen and oxygen atoms in total. The minimum atomic E-state index is -0.793. The Bertz CT molecular complexity index is 740. The minimum absolute atomic E-state index is 0.241. The summed E-state index contributed by atoms with van der Waals surface area (Å²) in [5.74, 6) is 0.201. The number of ether oxygens (including phenoxy) is 2. The molecule has 0 bridgehead atoms. The SMILES string of the molecule is COc1cc(C(N)=O)cc2nc(N)n(CCCCOC(N)=O)c12. The standard InChI is InChI=1S/C14H19N5O4/c1-22-10-7-8(12(15)20)6-9-11(10)19(13(16)18-9)4-2-3-5-23-14(17)21/h6-7H,2-5H2,1H3,(H2,15,20)(H2,16,18)(H2,17,21). The quantitative estimate of drug-likeness (QED) is 0.636. The number of benzene rings is 1. The van der Waals surface area contributed by atoms with Crippen LogP contribution in [0.1, 0.15) is 23.2 Å². The van der Waals surface area contributed by atoms with Gasteiger partial charge in [0.1, 0.15) is 11.3 Å². The Hall–Kier alpha value is -2.97. The Morgan fingerprint density at radius 2 is 2.00 bits per heavy atom. The van der Waals surface area contributed by atoms with Crippen molar-refractivity contribution < 1.29 is 19.1 Å². The molecule has 0 fully saturated rings.